The maximum Gasteiger partial charge on any atom is -0.00203 e. The predicted octanol–water partition coefficient (Wildman–Crippen LogP) is 4.46. The van der Waals surface area contributed by atoms with E-state index >= 15 is 0 Å². The van der Waals surface area contributed by atoms with E-state index in [2.05, 4.69) is 63.2 Å². The standard InChI is InChI=1S/C17H20/c1-4-15-9-5-6-10-17(15)12-16-11-7-8-13(2)14(16)3/h5-11H,4,12H2,1-3H3. The molecule has 2 aromatic rings. The molecule has 2 rings (SSSR count). The minimum atomic E-state index is 1.05. The van der Waals surface area contributed by atoms with Crippen molar-refractivity contribution in [2.24, 2.45) is 0 Å². The fourth-order valence-electron chi connectivity index (χ4n) is 2.28. The minimum absolute atomic E-state index is 1.05. The highest BCUT2D eigenvalue weighted by atomic mass is 14.1. The summed E-state index contributed by atoms with van der Waals surface area (Å²) in [5.74, 6) is 0. The summed E-state index contributed by atoms with van der Waals surface area (Å²) in [7, 11) is 0. The molecule has 0 amide bonds. The normalized spacial score (nSPS) is 10.5. The molecule has 0 spiro atoms. The third kappa shape index (κ3) is 2.58. The molecule has 0 heteroatoms. The molecular weight excluding hydrogens is 204 g/mol. The Kier molecular flexibility index (Phi) is 3.63. The lowest BCUT2D eigenvalue weighted by Gasteiger charge is -2.11. The van der Waals surface area contributed by atoms with Gasteiger partial charge in [-0.25, -0.2) is 0 Å². The van der Waals surface area contributed by atoms with E-state index in [1.165, 1.54) is 27.8 Å². The van der Waals surface area contributed by atoms with Crippen molar-refractivity contribution in [3.63, 3.8) is 0 Å². The summed E-state index contributed by atoms with van der Waals surface area (Å²) in [6, 6.07) is 15.3. The fourth-order valence-corrected chi connectivity index (χ4v) is 2.28. The number of rotatable bonds is 3. The van der Waals surface area contributed by atoms with Gasteiger partial charge in [-0.15, -0.1) is 0 Å². The van der Waals surface area contributed by atoms with Crippen molar-refractivity contribution in [2.45, 2.75) is 33.6 Å². The van der Waals surface area contributed by atoms with E-state index in [-0.39, 0.29) is 0 Å². The molecule has 0 bridgehead atoms. The van der Waals surface area contributed by atoms with Crippen LogP contribution in [0.2, 0.25) is 0 Å². The number of hydrogen-bond acceptors (Lipinski definition) is 0. The Morgan fingerprint density at radius 1 is 0.765 bits per heavy atom. The topological polar surface area (TPSA) is 0 Å². The first-order chi connectivity index (χ1) is 8.22. The summed E-state index contributed by atoms with van der Waals surface area (Å²) in [5, 5.41) is 0. The average Bonchev–Trinajstić information content (AvgIpc) is 2.35. The highest BCUT2D eigenvalue weighted by molar-refractivity contribution is 5.39. The van der Waals surface area contributed by atoms with E-state index in [1.807, 2.05) is 0 Å². The van der Waals surface area contributed by atoms with Crippen LogP contribution in [0.25, 0.3) is 0 Å². The van der Waals surface area contributed by atoms with Gasteiger partial charge in [0.2, 0.25) is 0 Å². The van der Waals surface area contributed by atoms with Crippen LogP contribution in [0.5, 0.6) is 0 Å². The Bertz CT molecular complexity index is 509. The highest BCUT2D eigenvalue weighted by Gasteiger charge is 2.04. The van der Waals surface area contributed by atoms with Gasteiger partial charge in [0.05, 0.1) is 0 Å². The Hall–Kier alpha value is -1.56. The van der Waals surface area contributed by atoms with Crippen LogP contribution in [0.3, 0.4) is 0 Å². The Labute approximate surface area is 104 Å². The largest absolute Gasteiger partial charge is 0.0620 e. The molecule has 17 heavy (non-hydrogen) atoms. The lowest BCUT2D eigenvalue weighted by molar-refractivity contribution is 1.05. The molecule has 0 radical (unpaired) electrons. The summed E-state index contributed by atoms with van der Waals surface area (Å²) in [6.45, 7) is 6.63. The first-order valence-electron chi connectivity index (χ1n) is 6.34. The zero-order valence-corrected chi connectivity index (χ0v) is 11.0. The minimum Gasteiger partial charge on any atom is -0.0620 e. The zero-order chi connectivity index (χ0) is 12.3. The third-order valence-corrected chi connectivity index (χ3v) is 3.60. The van der Waals surface area contributed by atoms with Gasteiger partial charge in [-0.2, -0.15) is 0 Å². The lowest BCUT2D eigenvalue weighted by atomic mass is 9.94. The molecule has 0 aromatic heterocycles. The van der Waals surface area contributed by atoms with Crippen LogP contribution < -0.4 is 0 Å². The van der Waals surface area contributed by atoms with Crippen molar-refractivity contribution in [1.82, 2.24) is 0 Å². The quantitative estimate of drug-likeness (QED) is 0.722. The summed E-state index contributed by atoms with van der Waals surface area (Å²) in [6.07, 6.45) is 2.17. The lowest BCUT2D eigenvalue weighted by Crippen LogP contribution is -1.97. The molecule has 0 aliphatic rings. The molecule has 0 saturated heterocycles. The van der Waals surface area contributed by atoms with Gasteiger partial charge in [-0.1, -0.05) is 49.4 Å². The van der Waals surface area contributed by atoms with Crippen LogP contribution in [0, 0.1) is 13.8 Å². The summed E-state index contributed by atoms with van der Waals surface area (Å²) >= 11 is 0. The van der Waals surface area contributed by atoms with Gasteiger partial charge in [0.25, 0.3) is 0 Å². The molecule has 0 heterocycles. The molecule has 0 fully saturated rings. The van der Waals surface area contributed by atoms with Gasteiger partial charge < -0.3 is 0 Å². The molecule has 0 saturated carbocycles. The van der Waals surface area contributed by atoms with Crippen LogP contribution >= 0.6 is 0 Å². The SMILES string of the molecule is CCc1ccccc1Cc1cccc(C)c1C. The van der Waals surface area contributed by atoms with Crippen molar-refractivity contribution in [2.75, 3.05) is 0 Å². The van der Waals surface area contributed by atoms with Crippen LogP contribution in [0.4, 0.5) is 0 Å². The van der Waals surface area contributed by atoms with Crippen LogP contribution in [0.1, 0.15) is 34.7 Å². The van der Waals surface area contributed by atoms with Gasteiger partial charge in [0, 0.05) is 0 Å². The second-order valence-corrected chi connectivity index (χ2v) is 4.66. The van der Waals surface area contributed by atoms with Gasteiger partial charge >= 0.3 is 0 Å². The summed E-state index contributed by atoms with van der Waals surface area (Å²) in [4.78, 5) is 0. The van der Waals surface area contributed by atoms with Gasteiger partial charge in [0.1, 0.15) is 0 Å². The van der Waals surface area contributed by atoms with Crippen LogP contribution in [-0.4, -0.2) is 0 Å². The van der Waals surface area contributed by atoms with Crippen LogP contribution in [0.15, 0.2) is 42.5 Å². The number of aryl methyl sites for hydroxylation is 2. The fraction of sp³-hybridized carbons (Fsp3) is 0.294. The molecule has 0 nitrogen and oxygen atoms in total. The van der Waals surface area contributed by atoms with Gasteiger partial charge in [-0.3, -0.25) is 0 Å². The average molecular weight is 224 g/mol. The smallest absolute Gasteiger partial charge is 0.00203 e. The first-order valence-corrected chi connectivity index (χ1v) is 6.34. The summed E-state index contributed by atoms with van der Waals surface area (Å²) < 4.78 is 0. The number of benzene rings is 2. The van der Waals surface area contributed by atoms with Crippen LogP contribution in [-0.2, 0) is 12.8 Å². The molecule has 0 aliphatic heterocycles. The third-order valence-electron chi connectivity index (χ3n) is 3.60. The number of hydrogen-bond donors (Lipinski definition) is 0. The van der Waals surface area contributed by atoms with Crippen molar-refractivity contribution >= 4 is 0 Å². The molecular formula is C17H20. The van der Waals surface area contributed by atoms with E-state index in [0.29, 0.717) is 0 Å². The molecule has 0 N–H and O–H groups in total. The molecule has 0 unspecified atom stereocenters. The van der Waals surface area contributed by atoms with Gasteiger partial charge in [-0.05, 0) is 54.5 Å². The van der Waals surface area contributed by atoms with Crippen molar-refractivity contribution in [1.29, 1.82) is 0 Å². The monoisotopic (exact) mass is 224 g/mol. The molecule has 0 aliphatic carbocycles. The van der Waals surface area contributed by atoms with Gasteiger partial charge in [0.15, 0.2) is 0 Å². The predicted molar refractivity (Wildman–Crippen MR) is 74.5 cm³/mol. The van der Waals surface area contributed by atoms with E-state index < -0.39 is 0 Å². The maximum atomic E-state index is 2.25. The summed E-state index contributed by atoms with van der Waals surface area (Å²) in [5.41, 5.74) is 7.19. The maximum absolute atomic E-state index is 2.25. The second-order valence-electron chi connectivity index (χ2n) is 4.66. The molecule has 2 aromatic carbocycles. The molecule has 88 valence electrons. The second kappa shape index (κ2) is 5.18. The van der Waals surface area contributed by atoms with E-state index in [1.54, 1.807) is 0 Å². The zero-order valence-electron chi connectivity index (χ0n) is 11.0. The van der Waals surface area contributed by atoms with E-state index in [0.717, 1.165) is 12.8 Å². The van der Waals surface area contributed by atoms with E-state index in [9.17, 15) is 0 Å². The van der Waals surface area contributed by atoms with E-state index in [4.69, 9.17) is 0 Å². The highest BCUT2D eigenvalue weighted by Crippen LogP contribution is 2.19. The Morgan fingerprint density at radius 3 is 2.12 bits per heavy atom. The Morgan fingerprint density at radius 2 is 1.41 bits per heavy atom. The van der Waals surface area contributed by atoms with Crippen molar-refractivity contribution < 1.29 is 0 Å². The molecule has 0 atom stereocenters. The van der Waals surface area contributed by atoms with Crippen molar-refractivity contribution in [3.8, 4) is 0 Å². The first kappa shape index (κ1) is 11.9. The van der Waals surface area contributed by atoms with Crippen molar-refractivity contribution in [3.05, 3.63) is 70.3 Å². The Balaban J connectivity index is 2.35.